The summed E-state index contributed by atoms with van der Waals surface area (Å²) in [6, 6.07) is 0. The van der Waals surface area contributed by atoms with Gasteiger partial charge in [0.2, 0.25) is 5.91 Å². The first-order chi connectivity index (χ1) is 7.65. The van der Waals surface area contributed by atoms with Crippen LogP contribution >= 0.6 is 0 Å². The highest BCUT2D eigenvalue weighted by Crippen LogP contribution is 2.25. The Bertz CT molecular complexity index is 313. The van der Waals surface area contributed by atoms with Crippen molar-refractivity contribution >= 4 is 11.9 Å². The molecular formula is C13H23NO3. The van der Waals surface area contributed by atoms with Crippen LogP contribution in [0.5, 0.6) is 0 Å². The van der Waals surface area contributed by atoms with Gasteiger partial charge in [0.15, 0.2) is 0 Å². The van der Waals surface area contributed by atoms with Gasteiger partial charge in [0.25, 0.3) is 0 Å². The summed E-state index contributed by atoms with van der Waals surface area (Å²) in [5, 5.41) is 11.2. The van der Waals surface area contributed by atoms with Gasteiger partial charge in [-0.25, -0.2) is 4.79 Å². The molecule has 0 radical (unpaired) electrons. The average molecular weight is 241 g/mol. The second-order valence-corrected chi connectivity index (χ2v) is 5.63. The molecule has 0 saturated carbocycles. The van der Waals surface area contributed by atoms with Crippen molar-refractivity contribution < 1.29 is 14.7 Å². The van der Waals surface area contributed by atoms with Crippen LogP contribution in [0.1, 0.15) is 47.5 Å². The van der Waals surface area contributed by atoms with E-state index in [0.29, 0.717) is 6.42 Å². The Balaban J connectivity index is 4.23. The van der Waals surface area contributed by atoms with Gasteiger partial charge in [0.05, 0.1) is 0 Å². The molecule has 0 aliphatic rings. The highest BCUT2D eigenvalue weighted by molar-refractivity contribution is 5.92. The summed E-state index contributed by atoms with van der Waals surface area (Å²) in [7, 11) is 0. The average Bonchev–Trinajstić information content (AvgIpc) is 2.09. The van der Waals surface area contributed by atoms with Crippen LogP contribution in [0.4, 0.5) is 0 Å². The molecule has 0 rings (SSSR count). The summed E-state index contributed by atoms with van der Waals surface area (Å²) in [6.07, 6.45) is 2.66. The van der Waals surface area contributed by atoms with E-state index in [4.69, 9.17) is 5.11 Å². The maximum atomic E-state index is 11.6. The Morgan fingerprint density at radius 1 is 1.35 bits per heavy atom. The predicted octanol–water partition coefficient (Wildman–Crippen LogP) is 2.55. The van der Waals surface area contributed by atoms with Crippen molar-refractivity contribution in [1.29, 1.82) is 0 Å². The summed E-state index contributed by atoms with van der Waals surface area (Å²) in [6.45, 7) is 9.95. The molecule has 17 heavy (non-hydrogen) atoms. The molecule has 0 heterocycles. The quantitative estimate of drug-likeness (QED) is 0.727. The fourth-order valence-electron chi connectivity index (χ4n) is 1.88. The Morgan fingerprint density at radius 2 is 1.88 bits per heavy atom. The van der Waals surface area contributed by atoms with Gasteiger partial charge in [-0.2, -0.15) is 0 Å². The molecule has 4 heteroatoms. The van der Waals surface area contributed by atoms with E-state index in [1.54, 1.807) is 6.92 Å². The molecule has 0 aromatic carbocycles. The van der Waals surface area contributed by atoms with Crippen molar-refractivity contribution in [3.8, 4) is 0 Å². The van der Waals surface area contributed by atoms with Gasteiger partial charge in [0.1, 0.15) is 5.70 Å². The number of carbonyl (C=O) groups is 2. The Morgan fingerprint density at radius 3 is 2.24 bits per heavy atom. The molecule has 0 spiro atoms. The molecule has 0 aliphatic carbocycles. The number of carbonyl (C=O) groups excluding carboxylic acids is 1. The molecule has 0 unspecified atom stereocenters. The summed E-state index contributed by atoms with van der Waals surface area (Å²) >= 11 is 0. The number of carboxylic acid groups (broad SMARTS) is 1. The molecule has 0 fully saturated rings. The van der Waals surface area contributed by atoms with Gasteiger partial charge in [0, 0.05) is 6.42 Å². The van der Waals surface area contributed by atoms with E-state index in [1.165, 1.54) is 6.08 Å². The third-order valence-corrected chi connectivity index (χ3v) is 2.29. The van der Waals surface area contributed by atoms with Gasteiger partial charge >= 0.3 is 5.97 Å². The number of amides is 1. The first-order valence-corrected chi connectivity index (χ1v) is 5.85. The van der Waals surface area contributed by atoms with Gasteiger partial charge in [-0.3, -0.25) is 4.79 Å². The highest BCUT2D eigenvalue weighted by Gasteiger charge is 2.18. The van der Waals surface area contributed by atoms with Crippen LogP contribution in [-0.2, 0) is 9.59 Å². The number of hydrogen-bond donors (Lipinski definition) is 2. The lowest BCUT2D eigenvalue weighted by Crippen LogP contribution is -2.29. The smallest absolute Gasteiger partial charge is 0.352 e. The van der Waals surface area contributed by atoms with Gasteiger partial charge in [-0.15, -0.1) is 0 Å². The number of aliphatic carboxylic acids is 1. The topological polar surface area (TPSA) is 66.4 Å². The minimum atomic E-state index is -1.11. The van der Waals surface area contributed by atoms with Crippen molar-refractivity contribution in [1.82, 2.24) is 5.32 Å². The molecule has 4 nitrogen and oxygen atoms in total. The van der Waals surface area contributed by atoms with Gasteiger partial charge in [-0.05, 0) is 24.7 Å². The Kier molecular flexibility index (Phi) is 5.93. The maximum Gasteiger partial charge on any atom is 0.352 e. The molecule has 1 atom stereocenters. The maximum absolute atomic E-state index is 11.6. The predicted molar refractivity (Wildman–Crippen MR) is 67.4 cm³/mol. The molecule has 2 N–H and O–H groups in total. The third kappa shape index (κ3) is 7.55. The van der Waals surface area contributed by atoms with Crippen LogP contribution in [0.25, 0.3) is 0 Å². The van der Waals surface area contributed by atoms with Crippen molar-refractivity contribution in [2.45, 2.75) is 47.5 Å². The second kappa shape index (κ2) is 6.42. The van der Waals surface area contributed by atoms with E-state index in [0.717, 1.165) is 6.42 Å². The second-order valence-electron chi connectivity index (χ2n) is 5.63. The van der Waals surface area contributed by atoms with E-state index in [1.807, 2.05) is 6.92 Å². The first-order valence-electron chi connectivity index (χ1n) is 5.85. The van der Waals surface area contributed by atoms with Crippen molar-refractivity contribution in [3.63, 3.8) is 0 Å². The lowest BCUT2D eigenvalue weighted by Gasteiger charge is -2.22. The zero-order valence-electron chi connectivity index (χ0n) is 11.3. The van der Waals surface area contributed by atoms with E-state index >= 15 is 0 Å². The largest absolute Gasteiger partial charge is 0.477 e. The fourth-order valence-corrected chi connectivity index (χ4v) is 1.88. The first kappa shape index (κ1) is 15.7. The minimum absolute atomic E-state index is 0.0574. The third-order valence-electron chi connectivity index (χ3n) is 2.29. The van der Waals surface area contributed by atoms with Crippen molar-refractivity contribution in [3.05, 3.63) is 11.8 Å². The van der Waals surface area contributed by atoms with Crippen LogP contribution in [0.3, 0.4) is 0 Å². The molecule has 0 aromatic rings. The standard InChI is InChI=1S/C13H23NO3/c1-6-10(12(16)17)14-11(15)7-9(2)8-13(3,4)5/h6,9H,7-8H2,1-5H3,(H,14,15)(H,16,17)/b10-6-/t9-/m0/s1. The molecule has 98 valence electrons. The number of hydrogen-bond acceptors (Lipinski definition) is 2. The van der Waals surface area contributed by atoms with Crippen LogP contribution in [0.15, 0.2) is 11.8 Å². The van der Waals surface area contributed by atoms with Crippen molar-refractivity contribution in [2.75, 3.05) is 0 Å². The fraction of sp³-hybridized carbons (Fsp3) is 0.692. The SMILES string of the molecule is C/C=C(\NC(=O)C[C@H](C)CC(C)(C)C)C(=O)O. The monoisotopic (exact) mass is 241 g/mol. The van der Waals surface area contributed by atoms with Crippen LogP contribution < -0.4 is 5.32 Å². The number of allylic oxidation sites excluding steroid dienone is 1. The molecule has 1 amide bonds. The zero-order valence-corrected chi connectivity index (χ0v) is 11.3. The van der Waals surface area contributed by atoms with Crippen LogP contribution in [0.2, 0.25) is 0 Å². The molecule has 0 saturated heterocycles. The molecule has 0 aliphatic heterocycles. The number of nitrogens with one attached hydrogen (secondary N) is 1. The lowest BCUT2D eigenvalue weighted by molar-refractivity contribution is -0.134. The van der Waals surface area contributed by atoms with Gasteiger partial charge in [-0.1, -0.05) is 33.8 Å². The minimum Gasteiger partial charge on any atom is -0.477 e. The molecule has 0 bridgehead atoms. The Labute approximate surface area is 103 Å². The summed E-state index contributed by atoms with van der Waals surface area (Å²) in [5.41, 5.74) is 0.119. The summed E-state index contributed by atoms with van der Waals surface area (Å²) in [5.74, 6) is -1.11. The van der Waals surface area contributed by atoms with Crippen LogP contribution in [0, 0.1) is 11.3 Å². The summed E-state index contributed by atoms with van der Waals surface area (Å²) < 4.78 is 0. The van der Waals surface area contributed by atoms with Crippen LogP contribution in [-0.4, -0.2) is 17.0 Å². The number of rotatable bonds is 5. The highest BCUT2D eigenvalue weighted by atomic mass is 16.4. The van der Waals surface area contributed by atoms with E-state index in [9.17, 15) is 9.59 Å². The van der Waals surface area contributed by atoms with E-state index in [-0.39, 0.29) is 22.9 Å². The van der Waals surface area contributed by atoms with Gasteiger partial charge < -0.3 is 10.4 Å². The van der Waals surface area contributed by atoms with E-state index < -0.39 is 5.97 Å². The van der Waals surface area contributed by atoms with E-state index in [2.05, 4.69) is 26.1 Å². The van der Waals surface area contributed by atoms with Crippen molar-refractivity contribution in [2.24, 2.45) is 11.3 Å². The summed E-state index contributed by atoms with van der Waals surface area (Å²) in [4.78, 5) is 22.3. The Hall–Kier alpha value is -1.32. The molecule has 0 aromatic heterocycles. The molecular weight excluding hydrogens is 218 g/mol. The number of carboxylic acids is 1. The zero-order chi connectivity index (χ0) is 13.6. The lowest BCUT2D eigenvalue weighted by atomic mass is 9.84. The normalized spacial score (nSPS) is 14.3.